The normalized spacial score (nSPS) is 34.2. The molecule has 0 heterocycles. The van der Waals surface area contributed by atoms with Gasteiger partial charge in [-0.15, -0.1) is 0 Å². The van der Waals surface area contributed by atoms with Crippen LogP contribution < -0.4 is 11.1 Å². The van der Waals surface area contributed by atoms with Gasteiger partial charge in [0.15, 0.2) is 0 Å². The van der Waals surface area contributed by atoms with Crippen molar-refractivity contribution in [3.8, 4) is 0 Å². The minimum Gasteiger partial charge on any atom is -0.465 e. The van der Waals surface area contributed by atoms with E-state index in [4.69, 9.17) is 15.6 Å². The SMILES string of the molecule is COC1CC(N)CCC1NC(=O)O. The van der Waals surface area contributed by atoms with Gasteiger partial charge < -0.3 is 20.9 Å². The van der Waals surface area contributed by atoms with Crippen molar-refractivity contribution in [2.45, 2.75) is 37.5 Å². The summed E-state index contributed by atoms with van der Waals surface area (Å²) < 4.78 is 5.17. The highest BCUT2D eigenvalue weighted by Crippen LogP contribution is 2.19. The second-order valence-corrected chi connectivity index (χ2v) is 3.40. The predicted octanol–water partition coefficient (Wildman–Crippen LogP) is 0.149. The number of ether oxygens (including phenoxy) is 1. The molecule has 1 amide bonds. The Bertz CT molecular complexity index is 186. The summed E-state index contributed by atoms with van der Waals surface area (Å²) in [5, 5.41) is 11.0. The second-order valence-electron chi connectivity index (χ2n) is 3.40. The Balaban J connectivity index is 2.47. The van der Waals surface area contributed by atoms with Crippen molar-refractivity contribution < 1.29 is 14.6 Å². The summed E-state index contributed by atoms with van der Waals surface area (Å²) in [5.41, 5.74) is 5.74. The average Bonchev–Trinajstić information content (AvgIpc) is 2.07. The molecule has 1 saturated carbocycles. The standard InChI is InChI=1S/C8H16N2O3/c1-13-7-4-5(9)2-3-6(7)10-8(11)12/h5-7,10H,2-4,9H2,1H3,(H,11,12). The molecule has 1 aliphatic rings. The lowest BCUT2D eigenvalue weighted by Gasteiger charge is -2.33. The lowest BCUT2D eigenvalue weighted by molar-refractivity contribution is 0.0361. The molecule has 0 radical (unpaired) electrons. The van der Waals surface area contributed by atoms with Crippen LogP contribution >= 0.6 is 0 Å². The topological polar surface area (TPSA) is 84.6 Å². The minimum absolute atomic E-state index is 0.0835. The fraction of sp³-hybridized carbons (Fsp3) is 0.875. The van der Waals surface area contributed by atoms with Crippen molar-refractivity contribution >= 4 is 6.09 Å². The van der Waals surface area contributed by atoms with E-state index in [1.807, 2.05) is 0 Å². The van der Waals surface area contributed by atoms with E-state index in [0.717, 1.165) is 19.3 Å². The highest BCUT2D eigenvalue weighted by molar-refractivity contribution is 5.64. The Labute approximate surface area is 77.2 Å². The van der Waals surface area contributed by atoms with Crippen LogP contribution in [0.1, 0.15) is 19.3 Å². The molecule has 1 aliphatic carbocycles. The van der Waals surface area contributed by atoms with E-state index in [-0.39, 0.29) is 18.2 Å². The van der Waals surface area contributed by atoms with Crippen LogP contribution in [0.15, 0.2) is 0 Å². The van der Waals surface area contributed by atoms with E-state index in [9.17, 15) is 4.79 Å². The number of methoxy groups -OCH3 is 1. The van der Waals surface area contributed by atoms with Gasteiger partial charge in [0.1, 0.15) is 0 Å². The number of hydrogen-bond acceptors (Lipinski definition) is 3. The summed E-state index contributed by atoms with van der Waals surface area (Å²) in [6, 6.07) is 0.0269. The van der Waals surface area contributed by atoms with Crippen molar-refractivity contribution in [1.29, 1.82) is 0 Å². The molecule has 5 nitrogen and oxygen atoms in total. The number of amides is 1. The summed E-state index contributed by atoms with van der Waals surface area (Å²) in [4.78, 5) is 10.4. The van der Waals surface area contributed by atoms with Gasteiger partial charge in [-0.2, -0.15) is 0 Å². The summed E-state index contributed by atoms with van der Waals surface area (Å²) in [5.74, 6) is 0. The zero-order valence-electron chi connectivity index (χ0n) is 7.69. The zero-order valence-corrected chi connectivity index (χ0v) is 7.69. The number of nitrogens with one attached hydrogen (secondary N) is 1. The lowest BCUT2D eigenvalue weighted by Crippen LogP contribution is -2.49. The molecule has 0 aromatic carbocycles. The summed E-state index contributed by atoms with van der Waals surface area (Å²) in [6.45, 7) is 0. The van der Waals surface area contributed by atoms with Crippen LogP contribution in [-0.4, -0.2) is 36.5 Å². The minimum atomic E-state index is -0.998. The number of carboxylic acid groups (broad SMARTS) is 1. The Morgan fingerprint density at radius 1 is 1.62 bits per heavy atom. The van der Waals surface area contributed by atoms with Gasteiger partial charge >= 0.3 is 6.09 Å². The molecule has 13 heavy (non-hydrogen) atoms. The predicted molar refractivity (Wildman–Crippen MR) is 47.6 cm³/mol. The first-order valence-corrected chi connectivity index (χ1v) is 4.41. The van der Waals surface area contributed by atoms with Crippen LogP contribution in [0.5, 0.6) is 0 Å². The molecule has 0 aliphatic heterocycles. The van der Waals surface area contributed by atoms with Crippen molar-refractivity contribution in [2.24, 2.45) is 5.73 Å². The van der Waals surface area contributed by atoms with Gasteiger partial charge in [-0.25, -0.2) is 4.79 Å². The van der Waals surface area contributed by atoms with Gasteiger partial charge in [0.2, 0.25) is 0 Å². The zero-order chi connectivity index (χ0) is 9.84. The van der Waals surface area contributed by atoms with E-state index in [1.165, 1.54) is 0 Å². The highest BCUT2D eigenvalue weighted by Gasteiger charge is 2.29. The van der Waals surface area contributed by atoms with E-state index in [0.29, 0.717) is 0 Å². The Morgan fingerprint density at radius 3 is 2.85 bits per heavy atom. The van der Waals surface area contributed by atoms with E-state index >= 15 is 0 Å². The fourth-order valence-corrected chi connectivity index (χ4v) is 1.74. The van der Waals surface area contributed by atoms with Crippen molar-refractivity contribution in [1.82, 2.24) is 5.32 Å². The summed E-state index contributed by atoms with van der Waals surface area (Å²) in [6.07, 6.45) is 1.25. The maximum Gasteiger partial charge on any atom is 0.404 e. The first-order chi connectivity index (χ1) is 6.13. The van der Waals surface area contributed by atoms with Crippen LogP contribution in [-0.2, 0) is 4.74 Å². The summed E-state index contributed by atoms with van der Waals surface area (Å²) >= 11 is 0. The van der Waals surface area contributed by atoms with Gasteiger partial charge in [-0.05, 0) is 19.3 Å². The molecule has 0 aromatic heterocycles. The van der Waals surface area contributed by atoms with Gasteiger partial charge in [-0.1, -0.05) is 0 Å². The van der Waals surface area contributed by atoms with Gasteiger partial charge in [0, 0.05) is 13.2 Å². The van der Waals surface area contributed by atoms with E-state index < -0.39 is 6.09 Å². The third kappa shape index (κ3) is 2.86. The molecular formula is C8H16N2O3. The fourth-order valence-electron chi connectivity index (χ4n) is 1.74. The molecule has 0 saturated heterocycles. The smallest absolute Gasteiger partial charge is 0.404 e. The lowest BCUT2D eigenvalue weighted by atomic mass is 9.89. The monoisotopic (exact) mass is 188 g/mol. The van der Waals surface area contributed by atoms with Crippen molar-refractivity contribution in [3.05, 3.63) is 0 Å². The van der Waals surface area contributed by atoms with Crippen LogP contribution in [0.2, 0.25) is 0 Å². The Kier molecular flexibility index (Phi) is 3.50. The third-order valence-corrected chi connectivity index (χ3v) is 2.44. The molecule has 1 rings (SSSR count). The third-order valence-electron chi connectivity index (χ3n) is 2.44. The molecule has 4 N–H and O–H groups in total. The Morgan fingerprint density at radius 2 is 2.31 bits per heavy atom. The molecule has 0 bridgehead atoms. The van der Waals surface area contributed by atoms with Crippen molar-refractivity contribution in [2.75, 3.05) is 7.11 Å². The number of carbonyl (C=O) groups is 1. The molecule has 3 atom stereocenters. The largest absolute Gasteiger partial charge is 0.465 e. The average molecular weight is 188 g/mol. The highest BCUT2D eigenvalue weighted by atomic mass is 16.5. The Hall–Kier alpha value is -0.810. The molecule has 76 valence electrons. The maximum atomic E-state index is 10.4. The van der Waals surface area contributed by atoms with Crippen LogP contribution in [0.3, 0.4) is 0 Å². The maximum absolute atomic E-state index is 10.4. The van der Waals surface area contributed by atoms with Crippen LogP contribution in [0, 0.1) is 0 Å². The molecular weight excluding hydrogens is 172 g/mol. The number of rotatable bonds is 2. The summed E-state index contributed by atoms with van der Waals surface area (Å²) in [7, 11) is 1.58. The second kappa shape index (κ2) is 4.43. The molecule has 0 aromatic rings. The molecule has 1 fully saturated rings. The van der Waals surface area contributed by atoms with Gasteiger partial charge in [0.05, 0.1) is 12.1 Å². The molecule has 5 heteroatoms. The van der Waals surface area contributed by atoms with Gasteiger partial charge in [0.25, 0.3) is 0 Å². The quantitative estimate of drug-likeness (QED) is 0.576. The van der Waals surface area contributed by atoms with E-state index in [2.05, 4.69) is 5.32 Å². The number of hydrogen-bond donors (Lipinski definition) is 3. The van der Waals surface area contributed by atoms with Crippen molar-refractivity contribution in [3.63, 3.8) is 0 Å². The molecule has 0 spiro atoms. The van der Waals surface area contributed by atoms with Crippen LogP contribution in [0.4, 0.5) is 4.79 Å². The first-order valence-electron chi connectivity index (χ1n) is 4.41. The molecule has 3 unspecified atom stereocenters. The van der Waals surface area contributed by atoms with Gasteiger partial charge in [-0.3, -0.25) is 0 Å². The van der Waals surface area contributed by atoms with E-state index in [1.54, 1.807) is 7.11 Å². The number of nitrogens with two attached hydrogens (primary N) is 1. The first kappa shape index (κ1) is 10.3. The van der Waals surface area contributed by atoms with Crippen LogP contribution in [0.25, 0.3) is 0 Å².